The van der Waals surface area contributed by atoms with Crippen molar-refractivity contribution >= 4 is 30.0 Å². The molecule has 0 radical (unpaired) electrons. The van der Waals surface area contributed by atoms with Crippen LogP contribution in [0.25, 0.3) is 11.4 Å². The third-order valence-corrected chi connectivity index (χ3v) is 3.90. The largest absolute Gasteiger partial charge is 0.494 e. The van der Waals surface area contributed by atoms with Gasteiger partial charge in [-0.3, -0.25) is 0 Å². The van der Waals surface area contributed by atoms with Crippen LogP contribution in [0.4, 0.5) is 0 Å². The summed E-state index contributed by atoms with van der Waals surface area (Å²) in [6, 6.07) is 15.1. The second kappa shape index (κ2) is 7.42. The van der Waals surface area contributed by atoms with Gasteiger partial charge in [-0.1, -0.05) is 29.8 Å². The van der Waals surface area contributed by atoms with E-state index in [-0.39, 0.29) is 0 Å². The Morgan fingerprint density at radius 2 is 2.00 bits per heavy atom. The summed E-state index contributed by atoms with van der Waals surface area (Å²) in [5.74, 6) is 1.42. The minimum absolute atomic E-state index is 0.405. The molecule has 0 aliphatic heterocycles. The van der Waals surface area contributed by atoms with Crippen molar-refractivity contribution in [2.24, 2.45) is 5.10 Å². The predicted octanol–water partition coefficient (Wildman–Crippen LogP) is 4.54. The molecule has 0 saturated carbocycles. The average Bonchev–Trinajstić information content (AvgIpc) is 2.96. The third kappa shape index (κ3) is 3.55. The minimum atomic E-state index is 0.405. The lowest BCUT2D eigenvalue weighted by atomic mass is 10.2. The highest BCUT2D eigenvalue weighted by Crippen LogP contribution is 2.21. The number of benzene rings is 2. The van der Waals surface area contributed by atoms with Crippen LogP contribution < -0.4 is 4.74 Å². The Hall–Kier alpha value is -2.44. The maximum atomic E-state index is 6.14. The Kier molecular flexibility index (Phi) is 5.08. The zero-order valence-electron chi connectivity index (χ0n) is 12.9. The van der Waals surface area contributed by atoms with Crippen LogP contribution in [-0.2, 0) is 0 Å². The summed E-state index contributed by atoms with van der Waals surface area (Å²) in [5, 5.41) is 12.1. The molecule has 5 nitrogen and oxygen atoms in total. The number of aromatic amines is 1. The van der Waals surface area contributed by atoms with Crippen molar-refractivity contribution in [2.75, 3.05) is 6.61 Å². The van der Waals surface area contributed by atoms with Gasteiger partial charge in [0.05, 0.1) is 12.8 Å². The summed E-state index contributed by atoms with van der Waals surface area (Å²) in [6.07, 6.45) is 1.66. The molecule has 0 unspecified atom stereocenters. The molecule has 2 aromatic carbocycles. The van der Waals surface area contributed by atoms with E-state index in [1.165, 1.54) is 0 Å². The number of rotatable bonds is 5. The molecule has 1 heterocycles. The number of nitrogens with zero attached hydrogens (tertiary/aromatic N) is 3. The van der Waals surface area contributed by atoms with Gasteiger partial charge in [-0.25, -0.2) is 5.10 Å². The Morgan fingerprint density at radius 3 is 2.71 bits per heavy atom. The van der Waals surface area contributed by atoms with Crippen LogP contribution in [0.1, 0.15) is 12.5 Å². The number of ether oxygens (including phenoxy) is 1. The molecule has 1 N–H and O–H groups in total. The zero-order valence-corrected chi connectivity index (χ0v) is 14.5. The van der Waals surface area contributed by atoms with Gasteiger partial charge in [-0.05, 0) is 49.5 Å². The lowest BCUT2D eigenvalue weighted by Crippen LogP contribution is -1.96. The van der Waals surface area contributed by atoms with E-state index in [2.05, 4.69) is 15.3 Å². The first kappa shape index (κ1) is 16.4. The molecular weight excluding hydrogens is 344 g/mol. The highest BCUT2D eigenvalue weighted by molar-refractivity contribution is 7.71. The number of hydrogen-bond donors (Lipinski definition) is 1. The van der Waals surface area contributed by atoms with Crippen molar-refractivity contribution in [2.45, 2.75) is 6.92 Å². The van der Waals surface area contributed by atoms with E-state index in [1.54, 1.807) is 10.9 Å². The molecule has 3 rings (SSSR count). The predicted molar refractivity (Wildman–Crippen MR) is 98.5 cm³/mol. The molecule has 0 amide bonds. The van der Waals surface area contributed by atoms with Gasteiger partial charge >= 0.3 is 0 Å². The molecule has 1 aromatic heterocycles. The van der Waals surface area contributed by atoms with Crippen molar-refractivity contribution in [1.82, 2.24) is 14.9 Å². The summed E-state index contributed by atoms with van der Waals surface area (Å²) in [5.41, 5.74) is 1.68. The number of hydrogen-bond acceptors (Lipinski definition) is 4. The molecule has 7 heteroatoms. The second-order valence-electron chi connectivity index (χ2n) is 4.89. The smallest absolute Gasteiger partial charge is 0.216 e. The van der Waals surface area contributed by atoms with E-state index in [1.807, 2.05) is 55.5 Å². The Balaban J connectivity index is 1.94. The molecule has 0 atom stereocenters. The van der Waals surface area contributed by atoms with E-state index in [4.69, 9.17) is 28.6 Å². The van der Waals surface area contributed by atoms with Crippen LogP contribution in [0, 0.1) is 4.77 Å². The molecule has 0 aliphatic carbocycles. The van der Waals surface area contributed by atoms with Crippen LogP contribution in [0.15, 0.2) is 53.6 Å². The van der Waals surface area contributed by atoms with Gasteiger partial charge in [0.1, 0.15) is 5.75 Å². The van der Waals surface area contributed by atoms with Gasteiger partial charge in [0.2, 0.25) is 4.77 Å². The van der Waals surface area contributed by atoms with Gasteiger partial charge in [-0.2, -0.15) is 14.9 Å². The maximum Gasteiger partial charge on any atom is 0.216 e. The first-order chi connectivity index (χ1) is 11.7. The molecule has 0 bridgehead atoms. The molecule has 0 spiro atoms. The van der Waals surface area contributed by atoms with Gasteiger partial charge in [0.15, 0.2) is 5.82 Å². The van der Waals surface area contributed by atoms with Gasteiger partial charge < -0.3 is 4.74 Å². The van der Waals surface area contributed by atoms with Gasteiger partial charge in [0.25, 0.3) is 0 Å². The van der Waals surface area contributed by atoms with Crippen molar-refractivity contribution in [3.05, 3.63) is 63.9 Å². The number of H-pyrrole nitrogens is 1. The summed E-state index contributed by atoms with van der Waals surface area (Å²) in [6.45, 7) is 2.57. The SMILES string of the molecule is CCOc1ccc(-c2n[nH]c(=S)n2N=Cc2ccccc2Cl)cc1. The van der Waals surface area contributed by atoms with E-state index in [0.717, 1.165) is 16.9 Å². The molecule has 24 heavy (non-hydrogen) atoms. The van der Waals surface area contributed by atoms with Crippen LogP contribution in [0.5, 0.6) is 5.75 Å². The molecule has 3 aromatic rings. The van der Waals surface area contributed by atoms with E-state index >= 15 is 0 Å². The van der Waals surface area contributed by atoms with E-state index in [0.29, 0.717) is 22.2 Å². The lowest BCUT2D eigenvalue weighted by Gasteiger charge is -2.04. The summed E-state index contributed by atoms with van der Waals surface area (Å²) >= 11 is 11.4. The van der Waals surface area contributed by atoms with Crippen LogP contribution in [0.3, 0.4) is 0 Å². The van der Waals surface area contributed by atoms with Crippen LogP contribution in [-0.4, -0.2) is 27.7 Å². The standard InChI is InChI=1S/C17H15ClN4OS/c1-2-23-14-9-7-12(8-10-14)16-20-21-17(24)22(16)19-11-13-5-3-4-6-15(13)18/h3-11H,2H2,1H3,(H,21,24). The highest BCUT2D eigenvalue weighted by Gasteiger charge is 2.08. The first-order valence-corrected chi connectivity index (χ1v) is 8.17. The average molecular weight is 359 g/mol. The Morgan fingerprint density at radius 1 is 1.25 bits per heavy atom. The van der Waals surface area contributed by atoms with Crippen molar-refractivity contribution in [1.29, 1.82) is 0 Å². The number of aromatic nitrogens is 3. The van der Waals surface area contributed by atoms with Crippen LogP contribution >= 0.6 is 23.8 Å². The fourth-order valence-corrected chi connectivity index (χ4v) is 2.52. The zero-order chi connectivity index (χ0) is 16.9. The first-order valence-electron chi connectivity index (χ1n) is 7.38. The highest BCUT2D eigenvalue weighted by atomic mass is 35.5. The quantitative estimate of drug-likeness (QED) is 0.538. The third-order valence-electron chi connectivity index (χ3n) is 3.29. The van der Waals surface area contributed by atoms with Gasteiger partial charge in [0, 0.05) is 16.1 Å². The summed E-state index contributed by atoms with van der Waals surface area (Å²) < 4.78 is 7.42. The monoisotopic (exact) mass is 358 g/mol. The van der Waals surface area contributed by atoms with E-state index < -0.39 is 0 Å². The fourth-order valence-electron chi connectivity index (χ4n) is 2.15. The summed E-state index contributed by atoms with van der Waals surface area (Å²) in [7, 11) is 0. The molecule has 0 fully saturated rings. The Labute approximate surface area is 149 Å². The molecule has 122 valence electrons. The maximum absolute atomic E-state index is 6.14. The molecule has 0 aliphatic rings. The molecular formula is C17H15ClN4OS. The normalized spacial score (nSPS) is 11.1. The topological polar surface area (TPSA) is 55.2 Å². The Bertz CT molecular complexity index is 915. The van der Waals surface area contributed by atoms with Crippen molar-refractivity contribution in [3.8, 4) is 17.1 Å². The van der Waals surface area contributed by atoms with Crippen LogP contribution in [0.2, 0.25) is 5.02 Å². The fraction of sp³-hybridized carbons (Fsp3) is 0.118. The number of halogens is 1. The van der Waals surface area contributed by atoms with Gasteiger partial charge in [-0.15, -0.1) is 0 Å². The van der Waals surface area contributed by atoms with Crippen molar-refractivity contribution < 1.29 is 4.74 Å². The lowest BCUT2D eigenvalue weighted by molar-refractivity contribution is 0.340. The minimum Gasteiger partial charge on any atom is -0.494 e. The number of nitrogens with one attached hydrogen (secondary N) is 1. The summed E-state index contributed by atoms with van der Waals surface area (Å²) in [4.78, 5) is 0. The molecule has 0 saturated heterocycles. The van der Waals surface area contributed by atoms with E-state index in [9.17, 15) is 0 Å². The van der Waals surface area contributed by atoms with Crippen molar-refractivity contribution in [3.63, 3.8) is 0 Å². The second-order valence-corrected chi connectivity index (χ2v) is 5.68.